The van der Waals surface area contributed by atoms with Crippen LogP contribution >= 0.6 is 0 Å². The van der Waals surface area contributed by atoms with E-state index in [-0.39, 0.29) is 6.61 Å². The summed E-state index contributed by atoms with van der Waals surface area (Å²) in [5, 5.41) is 21.8. The molecule has 0 radical (unpaired) electrons. The van der Waals surface area contributed by atoms with E-state index in [4.69, 9.17) is 10.00 Å². The zero-order valence-electron chi connectivity index (χ0n) is 10.5. The molecule has 0 heterocycles. The van der Waals surface area contributed by atoms with Gasteiger partial charge in [-0.25, -0.2) is 0 Å². The van der Waals surface area contributed by atoms with Crippen molar-refractivity contribution >= 4 is 0 Å². The molecule has 18 heavy (non-hydrogen) atoms. The maximum absolute atomic E-state index is 9.75. The van der Waals surface area contributed by atoms with Crippen LogP contribution in [0.15, 0.2) is 24.3 Å². The lowest BCUT2D eigenvalue weighted by molar-refractivity contribution is 0.106. The summed E-state index contributed by atoms with van der Waals surface area (Å²) in [6.45, 7) is 2.98. The number of nitriles is 1. The van der Waals surface area contributed by atoms with Crippen LogP contribution < -0.4 is 10.1 Å². The van der Waals surface area contributed by atoms with E-state index < -0.39 is 6.10 Å². The van der Waals surface area contributed by atoms with Gasteiger partial charge in [-0.05, 0) is 30.5 Å². The Morgan fingerprint density at radius 2 is 2.39 bits per heavy atom. The van der Waals surface area contributed by atoms with Gasteiger partial charge >= 0.3 is 0 Å². The van der Waals surface area contributed by atoms with Crippen LogP contribution in [0, 0.1) is 17.2 Å². The molecule has 0 spiro atoms. The van der Waals surface area contributed by atoms with Crippen molar-refractivity contribution in [2.75, 3.05) is 13.2 Å². The van der Waals surface area contributed by atoms with E-state index in [0.717, 1.165) is 5.92 Å². The van der Waals surface area contributed by atoms with Gasteiger partial charge < -0.3 is 15.2 Å². The van der Waals surface area contributed by atoms with Crippen molar-refractivity contribution in [3.05, 3.63) is 29.8 Å². The summed E-state index contributed by atoms with van der Waals surface area (Å²) in [6.07, 6.45) is 0.668. The molecule has 4 heteroatoms. The standard InChI is InChI=1S/C14H18N2O2/c1-10-5-14(10)16-8-12(17)9-18-13-4-2-3-11(6-13)7-15/h2-4,6,10,12,14,16-17H,5,8-9H2,1H3. The molecule has 3 atom stereocenters. The average Bonchev–Trinajstić information content (AvgIpc) is 3.10. The minimum absolute atomic E-state index is 0.239. The Balaban J connectivity index is 1.71. The molecule has 1 saturated carbocycles. The van der Waals surface area contributed by atoms with Crippen LogP contribution in [0.2, 0.25) is 0 Å². The first-order chi connectivity index (χ1) is 8.69. The second-order valence-electron chi connectivity index (χ2n) is 4.83. The summed E-state index contributed by atoms with van der Waals surface area (Å²) in [4.78, 5) is 0. The van der Waals surface area contributed by atoms with Gasteiger partial charge in [0.15, 0.2) is 0 Å². The summed E-state index contributed by atoms with van der Waals surface area (Å²) >= 11 is 0. The van der Waals surface area contributed by atoms with Crippen molar-refractivity contribution in [1.82, 2.24) is 5.32 Å². The number of aliphatic hydroxyl groups is 1. The molecule has 4 nitrogen and oxygen atoms in total. The molecule has 2 rings (SSSR count). The van der Waals surface area contributed by atoms with Crippen molar-refractivity contribution in [3.63, 3.8) is 0 Å². The molecule has 1 fully saturated rings. The van der Waals surface area contributed by atoms with E-state index >= 15 is 0 Å². The van der Waals surface area contributed by atoms with Crippen molar-refractivity contribution in [3.8, 4) is 11.8 Å². The third kappa shape index (κ3) is 3.73. The molecule has 0 amide bonds. The van der Waals surface area contributed by atoms with Crippen LogP contribution in [0.4, 0.5) is 0 Å². The number of aliphatic hydroxyl groups excluding tert-OH is 1. The predicted octanol–water partition coefficient (Wildman–Crippen LogP) is 1.30. The van der Waals surface area contributed by atoms with E-state index in [1.807, 2.05) is 0 Å². The summed E-state index contributed by atoms with van der Waals surface area (Å²) in [7, 11) is 0. The first-order valence-electron chi connectivity index (χ1n) is 6.23. The Labute approximate surface area is 107 Å². The predicted molar refractivity (Wildman–Crippen MR) is 68.2 cm³/mol. The topological polar surface area (TPSA) is 65.3 Å². The molecule has 0 saturated heterocycles. The molecule has 0 aliphatic heterocycles. The molecular weight excluding hydrogens is 228 g/mol. The maximum Gasteiger partial charge on any atom is 0.120 e. The van der Waals surface area contributed by atoms with Crippen LogP contribution in [-0.2, 0) is 0 Å². The molecule has 1 aliphatic rings. The number of hydrogen-bond donors (Lipinski definition) is 2. The normalized spacial score (nSPS) is 23.2. The average molecular weight is 246 g/mol. The summed E-state index contributed by atoms with van der Waals surface area (Å²) < 4.78 is 5.45. The van der Waals surface area contributed by atoms with Gasteiger partial charge in [0.25, 0.3) is 0 Å². The third-order valence-electron chi connectivity index (χ3n) is 3.13. The smallest absolute Gasteiger partial charge is 0.120 e. The minimum atomic E-state index is -0.524. The van der Waals surface area contributed by atoms with Crippen LogP contribution in [-0.4, -0.2) is 30.4 Å². The Morgan fingerprint density at radius 1 is 1.61 bits per heavy atom. The van der Waals surface area contributed by atoms with E-state index in [0.29, 0.717) is 23.9 Å². The van der Waals surface area contributed by atoms with Gasteiger partial charge in [0.05, 0.1) is 11.6 Å². The fourth-order valence-electron chi connectivity index (χ4n) is 1.80. The lowest BCUT2D eigenvalue weighted by Crippen LogP contribution is -2.33. The van der Waals surface area contributed by atoms with Gasteiger partial charge in [-0.2, -0.15) is 5.26 Å². The van der Waals surface area contributed by atoms with Crippen molar-refractivity contribution in [1.29, 1.82) is 5.26 Å². The largest absolute Gasteiger partial charge is 0.491 e. The molecule has 0 aromatic heterocycles. The van der Waals surface area contributed by atoms with Gasteiger partial charge in [0.2, 0.25) is 0 Å². The molecule has 1 aliphatic carbocycles. The first kappa shape index (κ1) is 12.9. The van der Waals surface area contributed by atoms with Gasteiger partial charge in [0.1, 0.15) is 18.5 Å². The number of benzene rings is 1. The van der Waals surface area contributed by atoms with E-state index in [1.54, 1.807) is 24.3 Å². The minimum Gasteiger partial charge on any atom is -0.491 e. The van der Waals surface area contributed by atoms with Gasteiger partial charge in [-0.15, -0.1) is 0 Å². The van der Waals surface area contributed by atoms with Crippen LogP contribution in [0.5, 0.6) is 5.75 Å². The third-order valence-corrected chi connectivity index (χ3v) is 3.13. The van der Waals surface area contributed by atoms with E-state index in [2.05, 4.69) is 18.3 Å². The summed E-state index contributed by atoms with van der Waals surface area (Å²) in [5.74, 6) is 1.35. The first-order valence-corrected chi connectivity index (χ1v) is 6.23. The fraction of sp³-hybridized carbons (Fsp3) is 0.500. The highest BCUT2D eigenvalue weighted by atomic mass is 16.5. The second-order valence-corrected chi connectivity index (χ2v) is 4.83. The van der Waals surface area contributed by atoms with E-state index in [1.165, 1.54) is 6.42 Å². The number of ether oxygens (including phenoxy) is 1. The van der Waals surface area contributed by atoms with Gasteiger partial charge in [-0.3, -0.25) is 0 Å². The number of rotatable bonds is 6. The zero-order chi connectivity index (χ0) is 13.0. The molecule has 0 bridgehead atoms. The molecule has 3 unspecified atom stereocenters. The highest BCUT2D eigenvalue weighted by molar-refractivity contribution is 5.36. The van der Waals surface area contributed by atoms with E-state index in [9.17, 15) is 5.11 Å². The second kappa shape index (κ2) is 5.85. The summed E-state index contributed by atoms with van der Waals surface area (Å²) in [6, 6.07) is 9.55. The van der Waals surface area contributed by atoms with Crippen molar-refractivity contribution in [2.24, 2.45) is 5.92 Å². The number of nitrogens with zero attached hydrogens (tertiary/aromatic N) is 1. The lowest BCUT2D eigenvalue weighted by Gasteiger charge is -2.13. The van der Waals surface area contributed by atoms with Crippen molar-refractivity contribution in [2.45, 2.75) is 25.5 Å². The highest BCUT2D eigenvalue weighted by Gasteiger charge is 2.32. The van der Waals surface area contributed by atoms with Crippen LogP contribution in [0.1, 0.15) is 18.9 Å². The Morgan fingerprint density at radius 3 is 3.06 bits per heavy atom. The molecule has 96 valence electrons. The molecular formula is C14H18N2O2. The maximum atomic E-state index is 9.75. The Bertz CT molecular complexity index is 442. The van der Waals surface area contributed by atoms with Crippen LogP contribution in [0.3, 0.4) is 0 Å². The number of hydrogen-bond acceptors (Lipinski definition) is 4. The number of nitrogens with one attached hydrogen (secondary N) is 1. The monoisotopic (exact) mass is 246 g/mol. The van der Waals surface area contributed by atoms with Gasteiger partial charge in [0, 0.05) is 12.6 Å². The highest BCUT2D eigenvalue weighted by Crippen LogP contribution is 2.28. The Kier molecular flexibility index (Phi) is 4.19. The fourth-order valence-corrected chi connectivity index (χ4v) is 1.80. The lowest BCUT2D eigenvalue weighted by atomic mass is 10.2. The molecule has 2 N–H and O–H groups in total. The summed E-state index contributed by atoms with van der Waals surface area (Å²) in [5.41, 5.74) is 0.562. The molecule has 1 aromatic carbocycles. The van der Waals surface area contributed by atoms with Gasteiger partial charge in [-0.1, -0.05) is 13.0 Å². The Hall–Kier alpha value is -1.57. The SMILES string of the molecule is CC1CC1NCC(O)COc1cccc(C#N)c1. The zero-order valence-corrected chi connectivity index (χ0v) is 10.5. The quantitative estimate of drug-likeness (QED) is 0.794. The van der Waals surface area contributed by atoms with Crippen LogP contribution in [0.25, 0.3) is 0 Å². The molecule has 1 aromatic rings. The van der Waals surface area contributed by atoms with Crippen molar-refractivity contribution < 1.29 is 9.84 Å².